The number of nitrogens with zero attached hydrogens (tertiary/aromatic N) is 5. The number of amides is 1. The minimum Gasteiger partial charge on any atom is -0.353 e. The van der Waals surface area contributed by atoms with E-state index in [0.717, 1.165) is 63.6 Å². The van der Waals surface area contributed by atoms with Gasteiger partial charge in [-0.2, -0.15) is 5.10 Å². The van der Waals surface area contributed by atoms with E-state index in [-0.39, 0.29) is 6.04 Å². The molecule has 1 amide bonds. The molecule has 6 heteroatoms. The number of likely N-dealkylation sites (tertiary alicyclic amines) is 1. The Hall–Kier alpha value is -1.69. The van der Waals surface area contributed by atoms with Gasteiger partial charge >= 0.3 is 0 Å². The Morgan fingerprint density at radius 3 is 2.71 bits per heavy atom. The van der Waals surface area contributed by atoms with Crippen molar-refractivity contribution in [3.8, 4) is 0 Å². The lowest BCUT2D eigenvalue weighted by atomic mass is 10.0. The van der Waals surface area contributed by atoms with Crippen LogP contribution in [0.2, 0.25) is 0 Å². The molecule has 0 aliphatic carbocycles. The van der Waals surface area contributed by atoms with E-state index in [4.69, 9.17) is 0 Å². The van der Waals surface area contributed by atoms with E-state index in [9.17, 15) is 4.79 Å². The quantitative estimate of drug-likeness (QED) is 0.844. The SMILES string of the molecule is CCN1CCCC[C@@H]1C(=O)N1CCCN(c2ccc(C)nn2)CC1. The molecule has 1 atom stereocenters. The average Bonchev–Trinajstić information content (AvgIpc) is 2.88. The molecular weight excluding hydrogens is 302 g/mol. The summed E-state index contributed by atoms with van der Waals surface area (Å²) in [7, 11) is 0. The van der Waals surface area contributed by atoms with Crippen LogP contribution in [0, 0.1) is 6.92 Å². The molecule has 2 aliphatic rings. The van der Waals surface area contributed by atoms with Gasteiger partial charge in [-0.25, -0.2) is 0 Å². The molecule has 132 valence electrons. The van der Waals surface area contributed by atoms with Crippen LogP contribution >= 0.6 is 0 Å². The fraction of sp³-hybridized carbons (Fsp3) is 0.722. The van der Waals surface area contributed by atoms with E-state index in [1.54, 1.807) is 0 Å². The summed E-state index contributed by atoms with van der Waals surface area (Å²) in [5, 5.41) is 8.45. The van der Waals surface area contributed by atoms with Gasteiger partial charge in [0, 0.05) is 26.2 Å². The molecule has 1 aromatic rings. The minimum absolute atomic E-state index is 0.0921. The van der Waals surface area contributed by atoms with Gasteiger partial charge in [0.15, 0.2) is 5.82 Å². The Kier molecular flexibility index (Phi) is 5.66. The Bertz CT molecular complexity index is 547. The van der Waals surface area contributed by atoms with Crippen molar-refractivity contribution in [2.45, 2.75) is 45.6 Å². The third-order valence-corrected chi connectivity index (χ3v) is 5.22. The van der Waals surface area contributed by atoms with Crippen molar-refractivity contribution in [1.82, 2.24) is 20.0 Å². The topological polar surface area (TPSA) is 52.6 Å². The number of anilines is 1. The van der Waals surface area contributed by atoms with Gasteiger partial charge in [0.2, 0.25) is 5.91 Å². The lowest BCUT2D eigenvalue weighted by Crippen LogP contribution is -2.51. The highest BCUT2D eigenvalue weighted by Crippen LogP contribution is 2.20. The second kappa shape index (κ2) is 7.92. The number of rotatable bonds is 3. The van der Waals surface area contributed by atoms with E-state index >= 15 is 0 Å². The van der Waals surface area contributed by atoms with Crippen molar-refractivity contribution in [1.29, 1.82) is 0 Å². The van der Waals surface area contributed by atoms with Crippen LogP contribution in [0.4, 0.5) is 5.82 Å². The number of carbonyl (C=O) groups is 1. The maximum Gasteiger partial charge on any atom is 0.239 e. The molecule has 2 saturated heterocycles. The summed E-state index contributed by atoms with van der Waals surface area (Å²) in [5.74, 6) is 1.25. The highest BCUT2D eigenvalue weighted by atomic mass is 16.2. The van der Waals surface area contributed by atoms with Crippen LogP contribution in [0.1, 0.15) is 38.3 Å². The lowest BCUT2D eigenvalue weighted by molar-refractivity contribution is -0.138. The first kappa shape index (κ1) is 17.1. The van der Waals surface area contributed by atoms with E-state index < -0.39 is 0 Å². The summed E-state index contributed by atoms with van der Waals surface area (Å²) in [6.07, 6.45) is 4.39. The van der Waals surface area contributed by atoms with Crippen LogP contribution in [-0.2, 0) is 4.79 Å². The van der Waals surface area contributed by atoms with Crippen molar-refractivity contribution in [2.24, 2.45) is 0 Å². The van der Waals surface area contributed by atoms with Gasteiger partial charge in [-0.15, -0.1) is 5.10 Å². The molecule has 6 nitrogen and oxygen atoms in total. The van der Waals surface area contributed by atoms with Crippen LogP contribution in [0.3, 0.4) is 0 Å². The molecular formula is C18H29N5O. The first-order valence-corrected chi connectivity index (χ1v) is 9.27. The minimum atomic E-state index is 0.0921. The molecule has 0 unspecified atom stereocenters. The van der Waals surface area contributed by atoms with Crippen LogP contribution in [0.15, 0.2) is 12.1 Å². The Labute approximate surface area is 144 Å². The molecule has 0 saturated carbocycles. The molecule has 24 heavy (non-hydrogen) atoms. The molecule has 1 aromatic heterocycles. The molecule has 0 N–H and O–H groups in total. The van der Waals surface area contributed by atoms with E-state index in [0.29, 0.717) is 5.91 Å². The second-order valence-electron chi connectivity index (χ2n) is 6.84. The Balaban J connectivity index is 1.62. The van der Waals surface area contributed by atoms with E-state index in [2.05, 4.69) is 31.8 Å². The Morgan fingerprint density at radius 1 is 1.08 bits per heavy atom. The second-order valence-corrected chi connectivity index (χ2v) is 6.84. The van der Waals surface area contributed by atoms with E-state index in [1.807, 2.05) is 19.1 Å². The number of hydrogen-bond acceptors (Lipinski definition) is 5. The summed E-state index contributed by atoms with van der Waals surface area (Å²) < 4.78 is 0. The zero-order valence-electron chi connectivity index (χ0n) is 14.9. The van der Waals surface area contributed by atoms with Gasteiger partial charge in [-0.05, 0) is 51.4 Å². The third-order valence-electron chi connectivity index (χ3n) is 5.22. The number of aryl methyl sites for hydroxylation is 1. The van der Waals surface area contributed by atoms with Crippen molar-refractivity contribution >= 4 is 11.7 Å². The smallest absolute Gasteiger partial charge is 0.239 e. The summed E-state index contributed by atoms with van der Waals surface area (Å²) >= 11 is 0. The van der Waals surface area contributed by atoms with Gasteiger partial charge in [-0.1, -0.05) is 13.3 Å². The van der Waals surface area contributed by atoms with Crippen molar-refractivity contribution < 1.29 is 4.79 Å². The van der Waals surface area contributed by atoms with Gasteiger partial charge in [-0.3, -0.25) is 9.69 Å². The van der Waals surface area contributed by atoms with E-state index in [1.165, 1.54) is 12.8 Å². The van der Waals surface area contributed by atoms with Crippen LogP contribution in [-0.4, -0.2) is 71.2 Å². The van der Waals surface area contributed by atoms with Gasteiger partial charge in [0.1, 0.15) is 0 Å². The summed E-state index contributed by atoms with van der Waals surface area (Å²) in [5.41, 5.74) is 0.933. The molecule has 0 radical (unpaired) electrons. The number of aromatic nitrogens is 2. The predicted octanol–water partition coefficient (Wildman–Crippen LogP) is 1.70. The summed E-state index contributed by atoms with van der Waals surface area (Å²) in [6, 6.07) is 4.12. The van der Waals surface area contributed by atoms with Crippen molar-refractivity contribution in [3.05, 3.63) is 17.8 Å². The number of likely N-dealkylation sites (N-methyl/N-ethyl adjacent to an activating group) is 1. The maximum absolute atomic E-state index is 13.0. The molecule has 3 rings (SSSR count). The van der Waals surface area contributed by atoms with Crippen LogP contribution in [0.25, 0.3) is 0 Å². The molecule has 0 aromatic carbocycles. The van der Waals surface area contributed by atoms with Crippen LogP contribution < -0.4 is 4.90 Å². The first-order chi connectivity index (χ1) is 11.7. The van der Waals surface area contributed by atoms with Crippen LogP contribution in [0.5, 0.6) is 0 Å². The lowest BCUT2D eigenvalue weighted by Gasteiger charge is -2.36. The molecule has 0 spiro atoms. The fourth-order valence-corrected chi connectivity index (χ4v) is 3.79. The fourth-order valence-electron chi connectivity index (χ4n) is 3.79. The zero-order chi connectivity index (χ0) is 16.9. The monoisotopic (exact) mass is 331 g/mol. The number of piperidine rings is 1. The highest BCUT2D eigenvalue weighted by molar-refractivity contribution is 5.82. The van der Waals surface area contributed by atoms with Gasteiger partial charge < -0.3 is 9.80 Å². The molecule has 2 fully saturated rings. The largest absolute Gasteiger partial charge is 0.353 e. The average molecular weight is 331 g/mol. The van der Waals surface area contributed by atoms with Gasteiger partial charge in [0.05, 0.1) is 11.7 Å². The highest BCUT2D eigenvalue weighted by Gasteiger charge is 2.31. The Morgan fingerprint density at radius 2 is 1.96 bits per heavy atom. The first-order valence-electron chi connectivity index (χ1n) is 9.27. The third kappa shape index (κ3) is 3.86. The normalized spacial score (nSPS) is 23.2. The summed E-state index contributed by atoms with van der Waals surface area (Å²) in [4.78, 5) is 19.7. The molecule has 3 heterocycles. The zero-order valence-corrected chi connectivity index (χ0v) is 14.9. The maximum atomic E-state index is 13.0. The standard InChI is InChI=1S/C18H29N5O/c1-3-21-10-5-4-7-16(21)18(24)23-12-6-11-22(13-14-23)17-9-8-15(2)19-20-17/h8-9,16H,3-7,10-14H2,1-2H3/t16-/m1/s1. The predicted molar refractivity (Wildman–Crippen MR) is 95.1 cm³/mol. The van der Waals surface area contributed by atoms with Gasteiger partial charge in [0.25, 0.3) is 0 Å². The van der Waals surface area contributed by atoms with Crippen molar-refractivity contribution in [2.75, 3.05) is 44.2 Å². The molecule has 2 aliphatic heterocycles. The summed E-state index contributed by atoms with van der Waals surface area (Å²) in [6.45, 7) is 9.54. The molecule has 0 bridgehead atoms. The number of carbonyl (C=O) groups excluding carboxylic acids is 1. The number of hydrogen-bond donors (Lipinski definition) is 0. The van der Waals surface area contributed by atoms with Crippen molar-refractivity contribution in [3.63, 3.8) is 0 Å².